The normalized spacial score (nSPS) is 12.0. The molecule has 7 heteroatoms. The second kappa shape index (κ2) is 7.35. The average molecular weight is 355 g/mol. The van der Waals surface area contributed by atoms with Crippen LogP contribution >= 0.6 is 0 Å². The SMILES string of the molecule is CC(OC(=O)c1ccc2cn[nH]c2c1)C(=O)N(C)Cc1cccc(F)c1. The molecule has 1 atom stereocenters. The van der Waals surface area contributed by atoms with Crippen LogP contribution in [0.15, 0.2) is 48.7 Å². The molecule has 0 spiro atoms. The highest BCUT2D eigenvalue weighted by Crippen LogP contribution is 2.15. The van der Waals surface area contributed by atoms with Gasteiger partial charge in [0.05, 0.1) is 17.3 Å². The molecule has 0 saturated heterocycles. The summed E-state index contributed by atoms with van der Waals surface area (Å²) in [5.41, 5.74) is 1.69. The van der Waals surface area contributed by atoms with Gasteiger partial charge in [-0.2, -0.15) is 5.10 Å². The fourth-order valence-corrected chi connectivity index (χ4v) is 2.64. The first-order valence-corrected chi connectivity index (χ1v) is 8.07. The van der Waals surface area contributed by atoms with Gasteiger partial charge in [-0.3, -0.25) is 9.89 Å². The van der Waals surface area contributed by atoms with E-state index in [1.807, 2.05) is 0 Å². The molecule has 6 nitrogen and oxygen atoms in total. The maximum Gasteiger partial charge on any atom is 0.338 e. The van der Waals surface area contributed by atoms with Crippen LogP contribution in [-0.4, -0.2) is 40.1 Å². The summed E-state index contributed by atoms with van der Waals surface area (Å²) in [7, 11) is 1.58. The third-order valence-electron chi connectivity index (χ3n) is 3.99. The van der Waals surface area contributed by atoms with Crippen molar-refractivity contribution in [3.8, 4) is 0 Å². The van der Waals surface area contributed by atoms with Gasteiger partial charge in [0.15, 0.2) is 6.10 Å². The van der Waals surface area contributed by atoms with Crippen molar-refractivity contribution in [2.45, 2.75) is 19.6 Å². The van der Waals surface area contributed by atoms with Crippen molar-refractivity contribution in [2.75, 3.05) is 7.05 Å². The maximum absolute atomic E-state index is 13.2. The van der Waals surface area contributed by atoms with Crippen molar-refractivity contribution in [1.82, 2.24) is 15.1 Å². The second-order valence-corrected chi connectivity index (χ2v) is 6.04. The van der Waals surface area contributed by atoms with E-state index in [1.165, 1.54) is 24.0 Å². The predicted molar refractivity (Wildman–Crippen MR) is 93.8 cm³/mol. The van der Waals surface area contributed by atoms with Crippen molar-refractivity contribution in [3.05, 3.63) is 65.6 Å². The van der Waals surface area contributed by atoms with Crippen molar-refractivity contribution < 1.29 is 18.7 Å². The Hall–Kier alpha value is -3.22. The smallest absolute Gasteiger partial charge is 0.338 e. The molecule has 0 aliphatic carbocycles. The molecule has 0 saturated carbocycles. The molecule has 0 aliphatic rings. The first-order chi connectivity index (χ1) is 12.4. The van der Waals surface area contributed by atoms with Gasteiger partial charge < -0.3 is 9.64 Å². The summed E-state index contributed by atoms with van der Waals surface area (Å²) in [4.78, 5) is 26.1. The summed E-state index contributed by atoms with van der Waals surface area (Å²) < 4.78 is 18.5. The van der Waals surface area contributed by atoms with Crippen LogP contribution in [0.5, 0.6) is 0 Å². The molecule has 134 valence electrons. The molecule has 1 N–H and O–H groups in total. The molecule has 26 heavy (non-hydrogen) atoms. The second-order valence-electron chi connectivity index (χ2n) is 6.04. The number of nitrogens with zero attached hydrogens (tertiary/aromatic N) is 2. The average Bonchev–Trinajstić information content (AvgIpc) is 3.08. The molecular formula is C19H18FN3O3. The van der Waals surface area contributed by atoms with Crippen molar-refractivity contribution in [1.29, 1.82) is 0 Å². The van der Waals surface area contributed by atoms with Crippen LogP contribution in [0.1, 0.15) is 22.8 Å². The molecule has 1 aromatic heterocycles. The van der Waals surface area contributed by atoms with Crippen LogP contribution in [0.25, 0.3) is 10.9 Å². The zero-order chi connectivity index (χ0) is 18.7. The fourth-order valence-electron chi connectivity index (χ4n) is 2.64. The first kappa shape index (κ1) is 17.6. The van der Waals surface area contributed by atoms with Gasteiger partial charge in [0.2, 0.25) is 0 Å². The Balaban J connectivity index is 1.63. The number of halogens is 1. The molecule has 3 aromatic rings. The van der Waals surface area contributed by atoms with Gasteiger partial charge in [0.25, 0.3) is 5.91 Å². The predicted octanol–water partition coefficient (Wildman–Crippen LogP) is 2.91. The Morgan fingerprint density at radius 1 is 1.27 bits per heavy atom. The van der Waals surface area contributed by atoms with E-state index in [1.54, 1.807) is 43.6 Å². The molecule has 1 unspecified atom stereocenters. The van der Waals surface area contributed by atoms with E-state index in [0.717, 1.165) is 5.39 Å². The van der Waals surface area contributed by atoms with Crippen LogP contribution in [-0.2, 0) is 16.1 Å². The molecule has 0 radical (unpaired) electrons. The highest BCUT2D eigenvalue weighted by atomic mass is 19.1. The van der Waals surface area contributed by atoms with Crippen LogP contribution in [0, 0.1) is 5.82 Å². The van der Waals surface area contributed by atoms with Gasteiger partial charge >= 0.3 is 5.97 Å². The minimum absolute atomic E-state index is 0.221. The largest absolute Gasteiger partial charge is 0.449 e. The van der Waals surface area contributed by atoms with Gasteiger partial charge in [-0.1, -0.05) is 18.2 Å². The molecule has 1 heterocycles. The lowest BCUT2D eigenvalue weighted by molar-refractivity contribution is -0.139. The number of fused-ring (bicyclic) bond motifs is 1. The summed E-state index contributed by atoms with van der Waals surface area (Å²) in [6.45, 7) is 1.73. The molecule has 0 aliphatic heterocycles. The number of aromatic nitrogens is 2. The van der Waals surface area contributed by atoms with E-state index in [2.05, 4.69) is 10.2 Å². The number of carbonyl (C=O) groups excluding carboxylic acids is 2. The van der Waals surface area contributed by atoms with E-state index in [4.69, 9.17) is 4.74 Å². The van der Waals surface area contributed by atoms with Crippen LogP contribution in [0.4, 0.5) is 4.39 Å². The molecule has 2 aromatic carbocycles. The zero-order valence-corrected chi connectivity index (χ0v) is 14.4. The number of carbonyl (C=O) groups is 2. The lowest BCUT2D eigenvalue weighted by Gasteiger charge is -2.21. The highest BCUT2D eigenvalue weighted by molar-refractivity contribution is 5.95. The molecule has 0 bridgehead atoms. The van der Waals surface area contributed by atoms with Crippen LogP contribution in [0.2, 0.25) is 0 Å². The summed E-state index contributed by atoms with van der Waals surface area (Å²) in [5, 5.41) is 7.55. The van der Waals surface area contributed by atoms with Gasteiger partial charge in [0, 0.05) is 19.0 Å². The highest BCUT2D eigenvalue weighted by Gasteiger charge is 2.22. The number of ether oxygens (including phenoxy) is 1. The third kappa shape index (κ3) is 3.88. The quantitative estimate of drug-likeness (QED) is 0.714. The summed E-state index contributed by atoms with van der Waals surface area (Å²) in [5.74, 6) is -1.33. The number of amides is 1. The number of esters is 1. The number of H-pyrrole nitrogens is 1. The number of likely N-dealkylation sites (N-methyl/N-ethyl adjacent to an activating group) is 1. The molecule has 3 rings (SSSR count). The van der Waals surface area contributed by atoms with E-state index in [-0.39, 0.29) is 18.3 Å². The number of aromatic amines is 1. The Kier molecular flexibility index (Phi) is 4.97. The Bertz CT molecular complexity index is 954. The molecule has 0 fully saturated rings. The summed E-state index contributed by atoms with van der Waals surface area (Å²) in [6.07, 6.45) is 0.691. The zero-order valence-electron chi connectivity index (χ0n) is 14.4. The first-order valence-electron chi connectivity index (χ1n) is 8.07. The number of hydrogen-bond donors (Lipinski definition) is 1. The lowest BCUT2D eigenvalue weighted by atomic mass is 10.1. The Morgan fingerprint density at radius 3 is 2.85 bits per heavy atom. The molecular weight excluding hydrogens is 337 g/mol. The minimum Gasteiger partial charge on any atom is -0.449 e. The standard InChI is InChI=1S/C19H18FN3O3/c1-12(18(24)23(2)11-13-4-3-5-16(20)8-13)26-19(25)14-6-7-15-10-21-22-17(15)9-14/h3-10,12H,11H2,1-2H3,(H,21,22). The summed E-state index contributed by atoms with van der Waals surface area (Å²) >= 11 is 0. The van der Waals surface area contributed by atoms with E-state index in [9.17, 15) is 14.0 Å². The lowest BCUT2D eigenvalue weighted by Crippen LogP contribution is -2.37. The van der Waals surface area contributed by atoms with E-state index >= 15 is 0 Å². The van der Waals surface area contributed by atoms with Crippen molar-refractivity contribution >= 4 is 22.8 Å². The number of hydrogen-bond acceptors (Lipinski definition) is 4. The van der Waals surface area contributed by atoms with Crippen LogP contribution in [0.3, 0.4) is 0 Å². The van der Waals surface area contributed by atoms with E-state index in [0.29, 0.717) is 16.6 Å². The van der Waals surface area contributed by atoms with Crippen LogP contribution < -0.4 is 0 Å². The van der Waals surface area contributed by atoms with Crippen molar-refractivity contribution in [2.24, 2.45) is 0 Å². The van der Waals surface area contributed by atoms with Gasteiger partial charge in [0.1, 0.15) is 5.82 Å². The number of nitrogens with one attached hydrogen (secondary N) is 1. The van der Waals surface area contributed by atoms with Gasteiger partial charge in [-0.25, -0.2) is 9.18 Å². The number of rotatable bonds is 5. The third-order valence-corrected chi connectivity index (χ3v) is 3.99. The monoisotopic (exact) mass is 355 g/mol. The molecule has 1 amide bonds. The topological polar surface area (TPSA) is 75.3 Å². The minimum atomic E-state index is -0.960. The van der Waals surface area contributed by atoms with Gasteiger partial charge in [-0.05, 0) is 36.8 Å². The number of benzene rings is 2. The summed E-state index contributed by atoms with van der Waals surface area (Å²) in [6, 6.07) is 11.0. The van der Waals surface area contributed by atoms with Gasteiger partial charge in [-0.15, -0.1) is 0 Å². The van der Waals surface area contributed by atoms with E-state index < -0.39 is 12.1 Å². The fraction of sp³-hybridized carbons (Fsp3) is 0.211. The Morgan fingerprint density at radius 2 is 2.08 bits per heavy atom. The maximum atomic E-state index is 13.2. The van der Waals surface area contributed by atoms with Crippen molar-refractivity contribution in [3.63, 3.8) is 0 Å². The Labute approximate surface area is 149 Å².